The van der Waals surface area contributed by atoms with Crippen LogP contribution in [0.15, 0.2) is 33.6 Å². The van der Waals surface area contributed by atoms with E-state index in [1.165, 1.54) is 21.3 Å². The zero-order valence-corrected chi connectivity index (χ0v) is 20.3. The van der Waals surface area contributed by atoms with Crippen LogP contribution in [0.25, 0.3) is 11.3 Å². The SMILES string of the molecule is [CH-]=C(/C=C(\C([NH-])=O)C(C)C)Oc1c(Cl)cc(C2=C[I-]N(C)C(=O)NC2=O)cc1Cl.[Li+]. The van der Waals surface area contributed by atoms with Crippen LogP contribution in [0.1, 0.15) is 19.4 Å². The molecule has 11 heteroatoms. The van der Waals surface area contributed by atoms with Crippen LogP contribution in [0.5, 0.6) is 5.75 Å². The second-order valence-corrected chi connectivity index (χ2v) is 9.66. The minimum atomic E-state index is -0.867. The number of hydrogen-bond donors (Lipinski definition) is 1. The van der Waals surface area contributed by atoms with Crippen LogP contribution >= 0.6 is 23.2 Å². The molecule has 0 unspecified atom stereocenters. The van der Waals surface area contributed by atoms with E-state index >= 15 is 0 Å². The third-order valence-corrected chi connectivity index (χ3v) is 6.50. The molecule has 1 aromatic rings. The molecule has 0 saturated heterocycles. The Bertz CT molecular complexity index is 940. The number of urea groups is 1. The van der Waals surface area contributed by atoms with E-state index in [2.05, 4.69) is 5.32 Å². The number of nitrogens with one attached hydrogen (secondary N) is 2. The molecule has 30 heavy (non-hydrogen) atoms. The Morgan fingerprint density at radius 1 is 1.30 bits per heavy atom. The van der Waals surface area contributed by atoms with Crippen LogP contribution in [0.3, 0.4) is 0 Å². The van der Waals surface area contributed by atoms with E-state index in [1.54, 1.807) is 25.0 Å². The minimum Gasteiger partial charge on any atom is 1.00 e. The number of rotatable bonds is 6. The number of carbonyl (C=O) groups is 3. The molecule has 2 N–H and O–H groups in total. The number of benzene rings is 1. The van der Waals surface area contributed by atoms with Gasteiger partial charge in [0.15, 0.2) is 0 Å². The quantitative estimate of drug-likeness (QED) is 0.0867. The van der Waals surface area contributed by atoms with E-state index in [9.17, 15) is 14.4 Å². The van der Waals surface area contributed by atoms with Gasteiger partial charge in [-0.05, 0) is 0 Å². The van der Waals surface area contributed by atoms with E-state index < -0.39 is 39.3 Å². The predicted molar refractivity (Wildman–Crippen MR) is 106 cm³/mol. The molecule has 4 amide bonds. The Kier molecular flexibility index (Phi) is 9.98. The summed E-state index contributed by atoms with van der Waals surface area (Å²) in [5.74, 6) is -1.75. The second-order valence-electron chi connectivity index (χ2n) is 6.21. The maximum atomic E-state index is 12.3. The number of carbonyl (C=O) groups excluding carboxylic acids is 3. The second kappa shape index (κ2) is 11.3. The zero-order valence-electron chi connectivity index (χ0n) is 16.7. The molecule has 0 saturated carbocycles. The molecule has 0 spiro atoms. The molecule has 0 atom stereocenters. The van der Waals surface area contributed by atoms with Gasteiger partial charge in [-0.15, -0.1) is 0 Å². The Morgan fingerprint density at radius 3 is 2.37 bits per heavy atom. The van der Waals surface area contributed by atoms with Crippen LogP contribution in [-0.2, 0) is 9.59 Å². The first kappa shape index (κ1) is 26.6. The fourth-order valence-corrected chi connectivity index (χ4v) is 4.54. The number of ether oxygens (including phenoxy) is 1. The van der Waals surface area contributed by atoms with Crippen molar-refractivity contribution in [3.8, 4) is 5.75 Å². The largest absolute Gasteiger partial charge is 1.00 e. The van der Waals surface area contributed by atoms with Gasteiger partial charge in [0.25, 0.3) is 0 Å². The summed E-state index contributed by atoms with van der Waals surface area (Å²) in [5.41, 5.74) is 8.15. The van der Waals surface area contributed by atoms with Gasteiger partial charge in [-0.2, -0.15) is 0 Å². The van der Waals surface area contributed by atoms with Crippen molar-refractivity contribution in [2.24, 2.45) is 5.92 Å². The van der Waals surface area contributed by atoms with Gasteiger partial charge in [0.2, 0.25) is 0 Å². The van der Waals surface area contributed by atoms with E-state index in [1.807, 2.05) is 0 Å². The van der Waals surface area contributed by atoms with Crippen LogP contribution < -0.4 is 50.4 Å². The predicted octanol–water partition coefficient (Wildman–Crippen LogP) is -1.62. The third-order valence-electron chi connectivity index (χ3n) is 3.76. The molecule has 0 aromatic heterocycles. The van der Waals surface area contributed by atoms with Crippen LogP contribution in [0.2, 0.25) is 10.0 Å². The Labute approximate surface area is 207 Å². The number of imide groups is 1. The monoisotopic (exact) mass is 555 g/mol. The zero-order chi connectivity index (χ0) is 21.9. The van der Waals surface area contributed by atoms with Crippen molar-refractivity contribution in [2.75, 3.05) is 7.05 Å². The first-order chi connectivity index (χ1) is 13.5. The molecule has 0 bridgehead atoms. The molecule has 1 heterocycles. The average molecular weight is 556 g/mol. The molecule has 0 radical (unpaired) electrons. The molecular formula is C19H17Cl2ILiN3O4-2. The van der Waals surface area contributed by atoms with Crippen LogP contribution in [0.4, 0.5) is 4.79 Å². The van der Waals surface area contributed by atoms with Gasteiger partial charge >= 0.3 is 209 Å². The molecule has 1 aliphatic rings. The number of nitrogens with zero attached hydrogens (tertiary/aromatic N) is 1. The number of allylic oxidation sites excluding steroid dienone is 1. The minimum absolute atomic E-state index is 0. The van der Waals surface area contributed by atoms with Crippen LogP contribution in [-0.4, -0.2) is 28.0 Å². The first-order valence-electron chi connectivity index (χ1n) is 8.21. The van der Waals surface area contributed by atoms with Gasteiger partial charge in [0.05, 0.1) is 0 Å². The van der Waals surface area contributed by atoms with E-state index in [0.29, 0.717) is 5.56 Å². The molecule has 1 aromatic carbocycles. The Balaban J connectivity index is 0.00000450. The summed E-state index contributed by atoms with van der Waals surface area (Å²) in [5, 5.41) is 2.45. The fourth-order valence-electron chi connectivity index (χ4n) is 2.26. The normalized spacial score (nSPS) is 14.8. The van der Waals surface area contributed by atoms with E-state index in [-0.39, 0.29) is 57.5 Å². The summed E-state index contributed by atoms with van der Waals surface area (Å²) >= 11 is 11.7. The van der Waals surface area contributed by atoms with Crippen molar-refractivity contribution in [2.45, 2.75) is 13.8 Å². The van der Waals surface area contributed by atoms with Gasteiger partial charge in [-0.25, -0.2) is 0 Å². The fraction of sp³-hybridized carbons (Fsp3) is 0.211. The van der Waals surface area contributed by atoms with Crippen molar-refractivity contribution in [3.63, 3.8) is 0 Å². The molecule has 156 valence electrons. The summed E-state index contributed by atoms with van der Waals surface area (Å²) in [6, 6.07) is 2.48. The van der Waals surface area contributed by atoms with Crippen molar-refractivity contribution in [1.82, 2.24) is 8.43 Å². The summed E-state index contributed by atoms with van der Waals surface area (Å²) < 4.78 is 8.62. The maximum absolute atomic E-state index is 12.3. The first-order valence-corrected chi connectivity index (χ1v) is 11.2. The maximum Gasteiger partial charge on any atom is 1.00 e. The standard InChI is InChI=1S/C19H18Cl2IN3O4.Li/c1-9(2)12(17(23)26)5-10(3)29-16-14(20)6-11(7-15(16)21)13-8-22-25(4)19(28)24-18(13)27;/h3,5-9H,1-2,4H3,(H3,23,24,26,27,28);/q-2;+1/p-1/b12-5-;. The molecule has 1 aliphatic heterocycles. The summed E-state index contributed by atoms with van der Waals surface area (Å²) in [6.07, 6.45) is 1.26. The van der Waals surface area contributed by atoms with Crippen molar-refractivity contribution in [3.05, 3.63) is 61.5 Å². The van der Waals surface area contributed by atoms with Gasteiger partial charge in [-0.3, -0.25) is 0 Å². The molecule has 0 aliphatic carbocycles. The van der Waals surface area contributed by atoms with Crippen molar-refractivity contribution < 1.29 is 59.5 Å². The average Bonchev–Trinajstić information content (AvgIpc) is 2.73. The Morgan fingerprint density at radius 2 is 1.87 bits per heavy atom. The number of halogens is 3. The molecular weight excluding hydrogens is 539 g/mol. The van der Waals surface area contributed by atoms with Crippen LogP contribution in [0, 0.1) is 12.5 Å². The van der Waals surface area contributed by atoms with E-state index in [4.69, 9.17) is 40.3 Å². The summed E-state index contributed by atoms with van der Waals surface area (Å²) in [4.78, 5) is 35.4. The number of amides is 4. The van der Waals surface area contributed by atoms with Gasteiger partial charge < -0.3 is 0 Å². The Hall–Kier alpha value is -1.44. The van der Waals surface area contributed by atoms with Gasteiger partial charge in [0.1, 0.15) is 0 Å². The van der Waals surface area contributed by atoms with E-state index in [0.717, 1.165) is 0 Å². The summed E-state index contributed by atoms with van der Waals surface area (Å²) in [7, 11) is 1.60. The van der Waals surface area contributed by atoms with Crippen molar-refractivity contribution in [1.29, 1.82) is 0 Å². The number of hydrogen-bond acceptors (Lipinski definition) is 4. The smallest absolute Gasteiger partial charge is 1.00 e. The molecule has 7 nitrogen and oxygen atoms in total. The van der Waals surface area contributed by atoms with Crippen molar-refractivity contribution >= 4 is 46.6 Å². The topological polar surface area (TPSA) is 99.5 Å². The summed E-state index contributed by atoms with van der Waals surface area (Å²) in [6.45, 7) is 9.32. The van der Waals surface area contributed by atoms with Gasteiger partial charge in [0, 0.05) is 0 Å². The third kappa shape index (κ3) is 6.53. The van der Waals surface area contributed by atoms with Gasteiger partial charge in [-0.1, -0.05) is 0 Å². The molecule has 0 fully saturated rings. The molecule has 2 rings (SSSR count).